The van der Waals surface area contributed by atoms with Crippen LogP contribution in [0, 0.1) is 0 Å². The van der Waals surface area contributed by atoms with E-state index in [-0.39, 0.29) is 5.97 Å². The smallest absolute Gasteiger partial charge is 0.305 e. The third-order valence-corrected chi connectivity index (χ3v) is 3.98. The molecule has 150 valence electrons. The van der Waals surface area contributed by atoms with Crippen molar-refractivity contribution < 1.29 is 14.3 Å². The van der Waals surface area contributed by atoms with Crippen molar-refractivity contribution >= 4 is 5.97 Å². The molecule has 3 nitrogen and oxygen atoms in total. The summed E-state index contributed by atoms with van der Waals surface area (Å²) in [4.78, 5) is 11.5. The molecule has 0 radical (unpaired) electrons. The minimum Gasteiger partial charge on any atom is -0.466 e. The molecular weight excluding hydrogens is 324 g/mol. The van der Waals surface area contributed by atoms with Crippen LogP contribution in [-0.4, -0.2) is 25.8 Å². The fourth-order valence-electron chi connectivity index (χ4n) is 2.43. The molecule has 0 aromatic carbocycles. The molecule has 0 amide bonds. The number of hydrogen-bond donors (Lipinski definition) is 0. The van der Waals surface area contributed by atoms with Gasteiger partial charge in [-0.25, -0.2) is 0 Å². The second kappa shape index (κ2) is 21.7. The Bertz CT molecular complexity index is 383. The van der Waals surface area contributed by atoms with E-state index in [1.807, 2.05) is 6.92 Å². The summed E-state index contributed by atoms with van der Waals surface area (Å²) in [6.07, 6.45) is 24.8. The molecule has 0 aliphatic rings. The standard InChI is InChI=1S/C23H40O3/c1-3-5-6-7-8-9-10-11-12-13-14-15-16-17-18-20-23(24)26-22-19-21-25-4-2/h7-12H,3-6,13-22H2,1-2H3. The van der Waals surface area contributed by atoms with Gasteiger partial charge in [-0.05, 0) is 32.6 Å². The molecule has 0 atom stereocenters. The molecule has 0 rings (SSSR count). The first-order valence-electron chi connectivity index (χ1n) is 10.5. The minimum atomic E-state index is -0.0695. The van der Waals surface area contributed by atoms with Crippen LogP contribution in [0.3, 0.4) is 0 Å². The van der Waals surface area contributed by atoms with Crippen molar-refractivity contribution in [3.8, 4) is 0 Å². The van der Waals surface area contributed by atoms with Crippen molar-refractivity contribution in [1.82, 2.24) is 0 Å². The molecule has 0 aliphatic heterocycles. The lowest BCUT2D eigenvalue weighted by molar-refractivity contribution is -0.144. The Labute approximate surface area is 161 Å². The average Bonchev–Trinajstić information content (AvgIpc) is 2.64. The van der Waals surface area contributed by atoms with Gasteiger partial charge in [-0.1, -0.05) is 75.5 Å². The number of unbranched alkanes of at least 4 members (excludes halogenated alkanes) is 7. The quantitative estimate of drug-likeness (QED) is 0.157. The van der Waals surface area contributed by atoms with Crippen molar-refractivity contribution in [3.63, 3.8) is 0 Å². The summed E-state index contributed by atoms with van der Waals surface area (Å²) in [5.74, 6) is -0.0695. The van der Waals surface area contributed by atoms with Crippen LogP contribution in [-0.2, 0) is 14.3 Å². The first-order valence-corrected chi connectivity index (χ1v) is 10.5. The zero-order valence-electron chi connectivity index (χ0n) is 17.1. The summed E-state index contributed by atoms with van der Waals surface area (Å²) in [5, 5.41) is 0. The van der Waals surface area contributed by atoms with Crippen molar-refractivity contribution in [2.75, 3.05) is 19.8 Å². The highest BCUT2D eigenvalue weighted by atomic mass is 16.5. The number of ether oxygens (including phenoxy) is 2. The first kappa shape index (κ1) is 24.7. The maximum atomic E-state index is 11.5. The van der Waals surface area contributed by atoms with Crippen LogP contribution in [0.5, 0.6) is 0 Å². The van der Waals surface area contributed by atoms with E-state index in [1.165, 1.54) is 38.5 Å². The van der Waals surface area contributed by atoms with E-state index < -0.39 is 0 Å². The second-order valence-electron chi connectivity index (χ2n) is 6.46. The summed E-state index contributed by atoms with van der Waals surface area (Å²) in [7, 11) is 0. The van der Waals surface area contributed by atoms with E-state index in [0.29, 0.717) is 19.6 Å². The van der Waals surface area contributed by atoms with Gasteiger partial charge >= 0.3 is 5.97 Å². The molecule has 0 saturated carbocycles. The summed E-state index contributed by atoms with van der Waals surface area (Å²) in [5.41, 5.74) is 0. The highest BCUT2D eigenvalue weighted by molar-refractivity contribution is 5.69. The van der Waals surface area contributed by atoms with Crippen LogP contribution in [0.2, 0.25) is 0 Å². The predicted octanol–water partition coefficient (Wildman–Crippen LogP) is 6.55. The molecule has 26 heavy (non-hydrogen) atoms. The molecule has 0 spiro atoms. The third kappa shape index (κ3) is 20.7. The van der Waals surface area contributed by atoms with E-state index in [1.54, 1.807) is 0 Å². The Hall–Kier alpha value is -1.35. The molecule has 0 bridgehead atoms. The molecule has 0 heterocycles. The minimum absolute atomic E-state index is 0.0695. The largest absolute Gasteiger partial charge is 0.466 e. The van der Waals surface area contributed by atoms with Crippen LogP contribution in [0.25, 0.3) is 0 Å². The maximum Gasteiger partial charge on any atom is 0.305 e. The maximum absolute atomic E-state index is 11.5. The van der Waals surface area contributed by atoms with Crippen LogP contribution >= 0.6 is 0 Å². The number of rotatable bonds is 18. The summed E-state index contributed by atoms with van der Waals surface area (Å²) in [6, 6.07) is 0. The van der Waals surface area contributed by atoms with Gasteiger partial charge in [0.25, 0.3) is 0 Å². The summed E-state index contributed by atoms with van der Waals surface area (Å²) in [6.45, 7) is 6.05. The predicted molar refractivity (Wildman–Crippen MR) is 111 cm³/mol. The average molecular weight is 365 g/mol. The highest BCUT2D eigenvalue weighted by Crippen LogP contribution is 2.08. The van der Waals surface area contributed by atoms with Gasteiger partial charge in [-0.15, -0.1) is 0 Å². The Kier molecular flexibility index (Phi) is 20.6. The molecule has 0 aromatic rings. The molecule has 0 aromatic heterocycles. The van der Waals surface area contributed by atoms with E-state index in [0.717, 1.165) is 32.3 Å². The molecule has 0 fully saturated rings. The van der Waals surface area contributed by atoms with Crippen LogP contribution < -0.4 is 0 Å². The Morgan fingerprint density at radius 2 is 1.38 bits per heavy atom. The normalized spacial score (nSPS) is 11.9. The van der Waals surface area contributed by atoms with Crippen LogP contribution in [0.15, 0.2) is 36.5 Å². The van der Waals surface area contributed by atoms with Crippen molar-refractivity contribution in [1.29, 1.82) is 0 Å². The molecule has 0 N–H and O–H groups in total. The van der Waals surface area contributed by atoms with E-state index in [2.05, 4.69) is 43.4 Å². The molecule has 0 unspecified atom stereocenters. The van der Waals surface area contributed by atoms with Crippen LogP contribution in [0.1, 0.15) is 84.5 Å². The van der Waals surface area contributed by atoms with Gasteiger partial charge in [0.2, 0.25) is 0 Å². The molecule has 0 saturated heterocycles. The summed E-state index contributed by atoms with van der Waals surface area (Å²) < 4.78 is 10.4. The number of hydrogen-bond acceptors (Lipinski definition) is 3. The zero-order chi connectivity index (χ0) is 19.1. The number of carbonyl (C=O) groups excluding carboxylic acids is 1. The monoisotopic (exact) mass is 364 g/mol. The first-order chi connectivity index (χ1) is 12.8. The van der Waals surface area contributed by atoms with E-state index >= 15 is 0 Å². The van der Waals surface area contributed by atoms with Gasteiger partial charge in [0, 0.05) is 26.1 Å². The van der Waals surface area contributed by atoms with E-state index in [9.17, 15) is 4.79 Å². The fraction of sp³-hybridized carbons (Fsp3) is 0.696. The second-order valence-corrected chi connectivity index (χ2v) is 6.46. The summed E-state index contributed by atoms with van der Waals surface area (Å²) >= 11 is 0. The fourth-order valence-corrected chi connectivity index (χ4v) is 2.43. The third-order valence-electron chi connectivity index (χ3n) is 3.98. The van der Waals surface area contributed by atoms with E-state index in [4.69, 9.17) is 9.47 Å². The Morgan fingerprint density at radius 1 is 0.731 bits per heavy atom. The van der Waals surface area contributed by atoms with Gasteiger partial charge in [-0.2, -0.15) is 0 Å². The van der Waals surface area contributed by atoms with Crippen LogP contribution in [0.4, 0.5) is 0 Å². The van der Waals surface area contributed by atoms with Gasteiger partial charge in [-0.3, -0.25) is 4.79 Å². The zero-order valence-corrected chi connectivity index (χ0v) is 17.1. The number of esters is 1. The topological polar surface area (TPSA) is 35.5 Å². The lowest BCUT2D eigenvalue weighted by atomic mass is 10.1. The van der Waals surface area contributed by atoms with Gasteiger partial charge in [0.05, 0.1) is 6.61 Å². The van der Waals surface area contributed by atoms with Gasteiger partial charge < -0.3 is 9.47 Å². The van der Waals surface area contributed by atoms with Crippen molar-refractivity contribution in [2.45, 2.75) is 84.5 Å². The van der Waals surface area contributed by atoms with Crippen molar-refractivity contribution in [3.05, 3.63) is 36.5 Å². The Balaban J connectivity index is 3.32. The molecule has 0 aliphatic carbocycles. The van der Waals surface area contributed by atoms with Gasteiger partial charge in [0.1, 0.15) is 0 Å². The lowest BCUT2D eigenvalue weighted by Gasteiger charge is -2.05. The molecular formula is C23H40O3. The lowest BCUT2D eigenvalue weighted by Crippen LogP contribution is -2.07. The Morgan fingerprint density at radius 3 is 2.08 bits per heavy atom. The van der Waals surface area contributed by atoms with Crippen molar-refractivity contribution in [2.24, 2.45) is 0 Å². The number of allylic oxidation sites excluding steroid dienone is 6. The van der Waals surface area contributed by atoms with Gasteiger partial charge in [0.15, 0.2) is 0 Å². The number of carbonyl (C=O) groups is 1. The molecule has 3 heteroatoms. The SMILES string of the molecule is CCCCC=CC=CC=CCCCCCCCC(=O)OCCCOCC. The highest BCUT2D eigenvalue weighted by Gasteiger charge is 2.02.